The summed E-state index contributed by atoms with van der Waals surface area (Å²) in [6, 6.07) is 3.37. The van der Waals surface area contributed by atoms with E-state index in [4.69, 9.17) is 5.73 Å². The van der Waals surface area contributed by atoms with Gasteiger partial charge >= 0.3 is 0 Å². The molecule has 4 heteroatoms. The van der Waals surface area contributed by atoms with E-state index in [1.165, 1.54) is 0 Å². The van der Waals surface area contributed by atoms with Crippen LogP contribution in [0.25, 0.3) is 0 Å². The Bertz CT molecular complexity index is 236. The number of carbonyl (C=O) groups is 1. The molecule has 0 aliphatic carbocycles. The van der Waals surface area contributed by atoms with E-state index in [0.29, 0.717) is 17.9 Å². The second-order valence-electron chi connectivity index (χ2n) is 1.70. The maximum absolute atomic E-state index is 9.93. The third-order valence-electron chi connectivity index (χ3n) is 1.05. The largest absolute Gasteiger partial charge is 0.382 e. The summed E-state index contributed by atoms with van der Waals surface area (Å²) < 4.78 is 0. The van der Waals surface area contributed by atoms with Gasteiger partial charge in [-0.1, -0.05) is 0 Å². The van der Waals surface area contributed by atoms with Crippen LogP contribution in [0.1, 0.15) is 0 Å². The van der Waals surface area contributed by atoms with E-state index in [1.807, 2.05) is 0 Å². The molecule has 0 fully saturated rings. The molecule has 1 amide bonds. The predicted octanol–water partition coefficient (Wildman–Crippen LogP) is 0.232. The van der Waals surface area contributed by atoms with Crippen LogP contribution < -0.4 is 11.1 Å². The van der Waals surface area contributed by atoms with Crippen molar-refractivity contribution in [2.45, 2.75) is 0 Å². The first-order chi connectivity index (χ1) is 4.84. The van der Waals surface area contributed by atoms with Crippen molar-refractivity contribution in [3.8, 4) is 0 Å². The van der Waals surface area contributed by atoms with E-state index in [9.17, 15) is 4.79 Å². The second-order valence-corrected chi connectivity index (χ2v) is 1.70. The fraction of sp³-hybridized carbons (Fsp3) is 0. The molecular weight excluding hydrogens is 130 g/mol. The number of nitrogens with one attached hydrogen (secondary N) is 1. The Labute approximate surface area is 58.1 Å². The Morgan fingerprint density at radius 3 is 3.10 bits per heavy atom. The first-order valence-corrected chi connectivity index (χ1v) is 2.75. The molecule has 4 nitrogen and oxygen atoms in total. The van der Waals surface area contributed by atoms with E-state index in [0.717, 1.165) is 0 Å². The number of nitrogen functional groups attached to an aromatic ring is 1. The number of anilines is 2. The smallest absolute Gasteiger partial charge is 0.211 e. The molecule has 0 spiro atoms. The van der Waals surface area contributed by atoms with Gasteiger partial charge in [0, 0.05) is 6.20 Å². The van der Waals surface area contributed by atoms with Crippen LogP contribution >= 0.6 is 0 Å². The summed E-state index contributed by atoms with van der Waals surface area (Å²) in [6.45, 7) is 0. The highest BCUT2D eigenvalue weighted by Gasteiger charge is 1.93. The average molecular weight is 137 g/mol. The predicted molar refractivity (Wildman–Crippen MR) is 38.3 cm³/mol. The van der Waals surface area contributed by atoms with Crippen LogP contribution in [-0.4, -0.2) is 11.4 Å². The van der Waals surface area contributed by atoms with E-state index < -0.39 is 0 Å². The van der Waals surface area contributed by atoms with Crippen LogP contribution in [0.15, 0.2) is 18.3 Å². The van der Waals surface area contributed by atoms with Crippen molar-refractivity contribution >= 4 is 17.9 Å². The van der Waals surface area contributed by atoms with E-state index >= 15 is 0 Å². The first-order valence-electron chi connectivity index (χ1n) is 2.75. The zero-order valence-corrected chi connectivity index (χ0v) is 5.24. The number of pyridine rings is 1. The van der Waals surface area contributed by atoms with Crippen molar-refractivity contribution < 1.29 is 4.79 Å². The molecule has 0 unspecified atom stereocenters. The summed E-state index contributed by atoms with van der Waals surface area (Å²) in [5, 5.41) is 2.41. The topological polar surface area (TPSA) is 68.0 Å². The minimum atomic E-state index is 0.328. The quantitative estimate of drug-likeness (QED) is 0.573. The first kappa shape index (κ1) is 6.54. The van der Waals surface area contributed by atoms with Crippen LogP contribution in [0.4, 0.5) is 11.5 Å². The average Bonchev–Trinajstić information content (AvgIpc) is 1.94. The molecule has 52 valence electrons. The van der Waals surface area contributed by atoms with Gasteiger partial charge in [-0.2, -0.15) is 0 Å². The number of carbonyl (C=O) groups excluding carboxylic acids is 1. The van der Waals surface area contributed by atoms with Crippen molar-refractivity contribution in [2.24, 2.45) is 0 Å². The number of hydrogen-bond donors (Lipinski definition) is 2. The Morgan fingerprint density at radius 2 is 2.50 bits per heavy atom. The molecule has 1 aromatic heterocycles. The molecule has 1 rings (SSSR count). The minimum Gasteiger partial charge on any atom is -0.382 e. The summed E-state index contributed by atoms with van der Waals surface area (Å²) in [5.41, 5.74) is 5.91. The third kappa shape index (κ3) is 1.22. The second kappa shape index (κ2) is 2.82. The van der Waals surface area contributed by atoms with Crippen LogP contribution in [0, 0.1) is 0 Å². The van der Waals surface area contributed by atoms with Crippen molar-refractivity contribution in [1.82, 2.24) is 4.98 Å². The van der Waals surface area contributed by atoms with Crippen LogP contribution in [0.5, 0.6) is 0 Å². The summed E-state index contributed by atoms with van der Waals surface area (Å²) >= 11 is 0. The number of nitrogens with two attached hydrogens (primary N) is 1. The lowest BCUT2D eigenvalue weighted by atomic mass is 10.4. The molecule has 0 aliphatic heterocycles. The Kier molecular flexibility index (Phi) is 1.84. The minimum absolute atomic E-state index is 0.328. The van der Waals surface area contributed by atoms with E-state index in [1.54, 1.807) is 18.3 Å². The molecule has 0 aliphatic rings. The summed E-state index contributed by atoms with van der Waals surface area (Å²) in [5.74, 6) is 0.328. The van der Waals surface area contributed by atoms with Crippen molar-refractivity contribution in [1.29, 1.82) is 0 Å². The van der Waals surface area contributed by atoms with Crippen LogP contribution in [0.3, 0.4) is 0 Å². The molecule has 10 heavy (non-hydrogen) atoms. The maximum Gasteiger partial charge on any atom is 0.211 e. The SMILES string of the molecule is Nc1ncccc1NC=O. The van der Waals surface area contributed by atoms with Gasteiger partial charge < -0.3 is 11.1 Å². The molecule has 0 atom stereocenters. The standard InChI is InChI=1S/C6H7N3O/c7-6-5(9-4-10)2-1-3-8-6/h1-4H,(H2,7,8)(H,9,10). The monoisotopic (exact) mass is 137 g/mol. The lowest BCUT2D eigenvalue weighted by Gasteiger charge is -1.99. The highest BCUT2D eigenvalue weighted by molar-refractivity contribution is 5.77. The van der Waals surface area contributed by atoms with Gasteiger partial charge in [0.1, 0.15) is 5.82 Å². The van der Waals surface area contributed by atoms with Gasteiger partial charge in [0.05, 0.1) is 5.69 Å². The molecule has 1 aromatic rings. The van der Waals surface area contributed by atoms with Gasteiger partial charge in [0.15, 0.2) is 0 Å². The van der Waals surface area contributed by atoms with Gasteiger partial charge in [-0.15, -0.1) is 0 Å². The van der Waals surface area contributed by atoms with Crippen molar-refractivity contribution in [2.75, 3.05) is 11.1 Å². The highest BCUT2D eigenvalue weighted by Crippen LogP contribution is 2.11. The number of nitrogens with zero attached hydrogens (tertiary/aromatic N) is 1. The van der Waals surface area contributed by atoms with Gasteiger partial charge in [-0.3, -0.25) is 4.79 Å². The van der Waals surface area contributed by atoms with Crippen molar-refractivity contribution in [3.63, 3.8) is 0 Å². The normalized spacial score (nSPS) is 8.80. The molecule has 1 heterocycles. The van der Waals surface area contributed by atoms with E-state index in [2.05, 4.69) is 10.3 Å². The maximum atomic E-state index is 9.93. The summed E-state index contributed by atoms with van der Waals surface area (Å²) in [4.78, 5) is 13.7. The van der Waals surface area contributed by atoms with Gasteiger partial charge in [-0.05, 0) is 12.1 Å². The Balaban J connectivity index is 2.91. The molecular formula is C6H7N3O. The molecule has 0 saturated heterocycles. The highest BCUT2D eigenvalue weighted by atomic mass is 16.1. The lowest BCUT2D eigenvalue weighted by Crippen LogP contribution is -1.99. The van der Waals surface area contributed by atoms with Gasteiger partial charge in [0.25, 0.3) is 0 Å². The number of rotatable bonds is 2. The number of aromatic nitrogens is 1. The number of hydrogen-bond acceptors (Lipinski definition) is 3. The molecule has 3 N–H and O–H groups in total. The molecule has 0 bridgehead atoms. The Hall–Kier alpha value is -1.58. The molecule has 0 saturated carbocycles. The van der Waals surface area contributed by atoms with Crippen molar-refractivity contribution in [3.05, 3.63) is 18.3 Å². The summed E-state index contributed by atoms with van der Waals surface area (Å²) in [6.07, 6.45) is 2.12. The molecule has 0 radical (unpaired) electrons. The van der Waals surface area contributed by atoms with Gasteiger partial charge in [0.2, 0.25) is 6.41 Å². The lowest BCUT2D eigenvalue weighted by molar-refractivity contribution is -0.105. The third-order valence-corrected chi connectivity index (χ3v) is 1.05. The zero-order valence-electron chi connectivity index (χ0n) is 5.24. The zero-order chi connectivity index (χ0) is 7.40. The van der Waals surface area contributed by atoms with Gasteiger partial charge in [-0.25, -0.2) is 4.98 Å². The van der Waals surface area contributed by atoms with Crippen LogP contribution in [0.2, 0.25) is 0 Å². The fourth-order valence-corrected chi connectivity index (χ4v) is 0.603. The summed E-state index contributed by atoms with van der Waals surface area (Å²) in [7, 11) is 0. The number of amides is 1. The van der Waals surface area contributed by atoms with Crippen LogP contribution in [-0.2, 0) is 4.79 Å². The molecule has 0 aromatic carbocycles. The van der Waals surface area contributed by atoms with E-state index in [-0.39, 0.29) is 0 Å². The fourth-order valence-electron chi connectivity index (χ4n) is 0.603. The Morgan fingerprint density at radius 1 is 1.70 bits per heavy atom.